The van der Waals surface area contributed by atoms with Crippen LogP contribution < -0.4 is 10.6 Å². The van der Waals surface area contributed by atoms with Crippen LogP contribution in [0.25, 0.3) is 11.3 Å². The Balaban J connectivity index is 1.33. The smallest absolute Gasteiger partial charge is 0.253 e. The van der Waals surface area contributed by atoms with Crippen molar-refractivity contribution in [1.82, 2.24) is 20.2 Å². The fraction of sp³-hybridized carbons (Fsp3) is 0.280. The summed E-state index contributed by atoms with van der Waals surface area (Å²) in [6.45, 7) is 4.20. The lowest BCUT2D eigenvalue weighted by atomic mass is 10.0. The number of carbonyl (C=O) groups excluding carboxylic acids is 1. The van der Waals surface area contributed by atoms with Gasteiger partial charge < -0.3 is 15.5 Å². The number of fused-ring (bicyclic) bond motifs is 3. The molecule has 0 aliphatic carbocycles. The zero-order chi connectivity index (χ0) is 22.1. The van der Waals surface area contributed by atoms with E-state index in [-0.39, 0.29) is 11.4 Å². The number of hydrogen-bond donors (Lipinski definition) is 2. The number of anilines is 2. The molecule has 2 aliphatic rings. The molecule has 7 nitrogen and oxygen atoms in total. The maximum atomic E-state index is 12.9. The van der Waals surface area contributed by atoms with Crippen LogP contribution in [0.2, 0.25) is 0 Å². The molecule has 162 valence electrons. The number of likely N-dealkylation sites (N-methyl/N-ethyl adjacent to an activating group) is 1. The minimum atomic E-state index is -0.0104. The van der Waals surface area contributed by atoms with E-state index in [1.54, 1.807) is 0 Å². The van der Waals surface area contributed by atoms with Crippen LogP contribution in [-0.2, 0) is 6.54 Å². The molecule has 1 saturated heterocycles. The highest BCUT2D eigenvalue weighted by atomic mass is 16.2. The number of nitrogens with one attached hydrogen (secondary N) is 2. The van der Waals surface area contributed by atoms with Gasteiger partial charge in [0.2, 0.25) is 5.95 Å². The Labute approximate surface area is 187 Å². The molecular formula is C25H26N6O. The van der Waals surface area contributed by atoms with Gasteiger partial charge in [-0.05, 0) is 44.7 Å². The highest BCUT2D eigenvalue weighted by Gasteiger charge is 2.34. The van der Waals surface area contributed by atoms with Gasteiger partial charge in [-0.1, -0.05) is 24.3 Å². The number of aliphatic imine (C=N–C) groups is 1. The van der Waals surface area contributed by atoms with Crippen LogP contribution in [0.4, 0.5) is 11.6 Å². The minimum Gasteiger partial charge on any atom is -0.337 e. The summed E-state index contributed by atoms with van der Waals surface area (Å²) in [5.74, 6) is 0.581. The first-order chi connectivity index (χ1) is 15.5. The molecule has 0 radical (unpaired) electrons. The third kappa shape index (κ3) is 3.87. The standard InChI is InChI=1S/C25H26N6O/c1-25(26-2)11-12-31(16-25)23(32)17-7-9-20(10-8-17)29-24-28-15-19-14-27-13-18-5-3-4-6-21(18)22(19)30-24/h3-10,13,15,26H,11-12,14,16H2,1-2H3,(H,28,29,30). The van der Waals surface area contributed by atoms with Gasteiger partial charge in [0.15, 0.2) is 0 Å². The van der Waals surface area contributed by atoms with Crippen LogP contribution in [0.5, 0.6) is 0 Å². The summed E-state index contributed by atoms with van der Waals surface area (Å²) in [4.78, 5) is 28.5. The predicted octanol–water partition coefficient (Wildman–Crippen LogP) is 3.64. The molecule has 1 fully saturated rings. The Morgan fingerprint density at radius 3 is 2.72 bits per heavy atom. The third-order valence-corrected chi connectivity index (χ3v) is 6.32. The summed E-state index contributed by atoms with van der Waals surface area (Å²) in [5.41, 5.74) is 5.50. The molecule has 3 heterocycles. The lowest BCUT2D eigenvalue weighted by Crippen LogP contribution is -2.43. The van der Waals surface area contributed by atoms with Crippen LogP contribution in [0.15, 0.2) is 59.7 Å². The second kappa shape index (κ2) is 8.16. The molecule has 1 atom stereocenters. The Bertz CT molecular complexity index is 1190. The average molecular weight is 427 g/mol. The van der Waals surface area contributed by atoms with Gasteiger partial charge >= 0.3 is 0 Å². The Hall–Kier alpha value is -3.58. The van der Waals surface area contributed by atoms with E-state index in [9.17, 15) is 4.79 Å². The maximum absolute atomic E-state index is 12.9. The molecule has 1 aromatic heterocycles. The molecule has 0 spiro atoms. The van der Waals surface area contributed by atoms with E-state index in [0.717, 1.165) is 47.6 Å². The van der Waals surface area contributed by atoms with Crippen LogP contribution in [0.3, 0.4) is 0 Å². The quantitative estimate of drug-likeness (QED) is 0.666. The lowest BCUT2D eigenvalue weighted by Gasteiger charge is -2.24. The molecule has 2 aliphatic heterocycles. The van der Waals surface area contributed by atoms with Crippen LogP contribution >= 0.6 is 0 Å². The van der Waals surface area contributed by atoms with E-state index in [0.29, 0.717) is 18.1 Å². The molecule has 2 N–H and O–H groups in total. The van der Waals surface area contributed by atoms with E-state index in [1.165, 1.54) is 0 Å². The number of likely N-dealkylation sites (tertiary alicyclic amines) is 1. The van der Waals surface area contributed by atoms with Crippen molar-refractivity contribution in [3.05, 3.63) is 71.4 Å². The molecule has 0 saturated carbocycles. The van der Waals surface area contributed by atoms with Gasteiger partial charge in [-0.3, -0.25) is 9.79 Å². The summed E-state index contributed by atoms with van der Waals surface area (Å²) in [6.07, 6.45) is 4.67. The van der Waals surface area contributed by atoms with E-state index in [1.807, 2.05) is 66.8 Å². The molecular weight excluding hydrogens is 400 g/mol. The first kappa shape index (κ1) is 20.3. The van der Waals surface area contributed by atoms with E-state index in [4.69, 9.17) is 4.98 Å². The zero-order valence-electron chi connectivity index (χ0n) is 18.3. The number of aromatic nitrogens is 2. The van der Waals surface area contributed by atoms with Crippen molar-refractivity contribution >= 4 is 23.8 Å². The summed E-state index contributed by atoms with van der Waals surface area (Å²) < 4.78 is 0. The number of rotatable bonds is 4. The number of benzene rings is 2. The molecule has 5 rings (SSSR count). The number of nitrogens with zero attached hydrogens (tertiary/aromatic N) is 4. The fourth-order valence-corrected chi connectivity index (χ4v) is 4.23. The van der Waals surface area contributed by atoms with Crippen molar-refractivity contribution < 1.29 is 4.79 Å². The third-order valence-electron chi connectivity index (χ3n) is 6.32. The van der Waals surface area contributed by atoms with Gasteiger partial charge in [-0.15, -0.1) is 0 Å². The van der Waals surface area contributed by atoms with Crippen molar-refractivity contribution in [3.8, 4) is 11.3 Å². The van der Waals surface area contributed by atoms with Crippen molar-refractivity contribution in [2.75, 3.05) is 25.5 Å². The molecule has 32 heavy (non-hydrogen) atoms. The minimum absolute atomic E-state index is 0.0104. The normalized spacial score (nSPS) is 19.2. The molecule has 7 heteroatoms. The van der Waals surface area contributed by atoms with E-state index < -0.39 is 0 Å². The SMILES string of the molecule is CNC1(C)CCN(C(=O)c2ccc(Nc3ncc4c(n3)-c3ccccc3C=NC4)cc2)C1. The average Bonchev–Trinajstić information content (AvgIpc) is 3.13. The second-order valence-electron chi connectivity index (χ2n) is 8.61. The molecule has 0 bridgehead atoms. The van der Waals surface area contributed by atoms with Crippen LogP contribution in [0, 0.1) is 0 Å². The van der Waals surface area contributed by atoms with Crippen molar-refractivity contribution in [2.45, 2.75) is 25.4 Å². The first-order valence-electron chi connectivity index (χ1n) is 10.9. The van der Waals surface area contributed by atoms with Gasteiger partial charge in [0.05, 0.1) is 12.2 Å². The monoisotopic (exact) mass is 426 g/mol. The second-order valence-corrected chi connectivity index (χ2v) is 8.61. The zero-order valence-corrected chi connectivity index (χ0v) is 18.3. The van der Waals surface area contributed by atoms with Gasteiger partial charge in [-0.25, -0.2) is 9.97 Å². The van der Waals surface area contributed by atoms with E-state index >= 15 is 0 Å². The molecule has 1 unspecified atom stereocenters. The highest BCUT2D eigenvalue weighted by Crippen LogP contribution is 2.29. The van der Waals surface area contributed by atoms with Crippen LogP contribution in [-0.4, -0.2) is 52.7 Å². The lowest BCUT2D eigenvalue weighted by molar-refractivity contribution is 0.0782. The molecule has 2 aromatic carbocycles. The first-order valence-corrected chi connectivity index (χ1v) is 10.9. The predicted molar refractivity (Wildman–Crippen MR) is 126 cm³/mol. The van der Waals surface area contributed by atoms with E-state index in [2.05, 4.69) is 33.6 Å². The summed E-state index contributed by atoms with van der Waals surface area (Å²) >= 11 is 0. The summed E-state index contributed by atoms with van der Waals surface area (Å²) in [7, 11) is 1.95. The van der Waals surface area contributed by atoms with Crippen LogP contribution in [0.1, 0.15) is 34.8 Å². The van der Waals surface area contributed by atoms with Gasteiger partial charge in [-0.2, -0.15) is 0 Å². The topological polar surface area (TPSA) is 82.5 Å². The Kier molecular flexibility index (Phi) is 5.19. The summed E-state index contributed by atoms with van der Waals surface area (Å²) in [6, 6.07) is 15.6. The maximum Gasteiger partial charge on any atom is 0.253 e. The Morgan fingerprint density at radius 1 is 1.12 bits per heavy atom. The highest BCUT2D eigenvalue weighted by molar-refractivity contribution is 5.95. The fourth-order valence-electron chi connectivity index (χ4n) is 4.23. The largest absolute Gasteiger partial charge is 0.337 e. The molecule has 1 amide bonds. The summed E-state index contributed by atoms with van der Waals surface area (Å²) in [5, 5.41) is 6.58. The molecule has 3 aromatic rings. The van der Waals surface area contributed by atoms with Crippen molar-refractivity contribution in [3.63, 3.8) is 0 Å². The van der Waals surface area contributed by atoms with Crippen molar-refractivity contribution in [1.29, 1.82) is 0 Å². The van der Waals surface area contributed by atoms with Gasteiger partial charge in [0.25, 0.3) is 5.91 Å². The number of amides is 1. The van der Waals surface area contributed by atoms with Gasteiger partial charge in [0, 0.05) is 59.0 Å². The number of hydrogen-bond acceptors (Lipinski definition) is 6. The van der Waals surface area contributed by atoms with Crippen molar-refractivity contribution in [2.24, 2.45) is 4.99 Å². The Morgan fingerprint density at radius 2 is 1.94 bits per heavy atom. The van der Waals surface area contributed by atoms with Gasteiger partial charge in [0.1, 0.15) is 0 Å². The number of carbonyl (C=O) groups is 1.